The summed E-state index contributed by atoms with van der Waals surface area (Å²) in [5.74, 6) is -0.636. The highest BCUT2D eigenvalue weighted by Crippen LogP contribution is 2.32. The molecule has 1 atom stereocenters. The second kappa shape index (κ2) is 13.1. The summed E-state index contributed by atoms with van der Waals surface area (Å²) in [6.45, 7) is 7.36. The highest BCUT2D eigenvalue weighted by Gasteiger charge is 2.32. The molecular weight excluding hydrogens is 519 g/mol. The smallest absolute Gasteiger partial charge is 0.352 e. The molecule has 0 radical (unpaired) electrons. The molecule has 0 aromatic heterocycles. The number of benzene rings is 2. The van der Waals surface area contributed by atoms with E-state index in [-0.39, 0.29) is 49.5 Å². The third-order valence-electron chi connectivity index (χ3n) is 6.03. The van der Waals surface area contributed by atoms with Gasteiger partial charge in [-0.2, -0.15) is 13.2 Å². The van der Waals surface area contributed by atoms with Gasteiger partial charge in [-0.05, 0) is 62.9 Å². The summed E-state index contributed by atoms with van der Waals surface area (Å²) >= 11 is 0. The number of aryl methyl sites for hydroxylation is 1. The molecule has 7 nitrogen and oxygen atoms in total. The van der Waals surface area contributed by atoms with Crippen LogP contribution in [0.4, 0.5) is 18.9 Å². The highest BCUT2D eigenvalue weighted by atomic mass is 32.2. The molecule has 0 aliphatic carbocycles. The van der Waals surface area contributed by atoms with E-state index >= 15 is 0 Å². The van der Waals surface area contributed by atoms with Crippen LogP contribution in [0.1, 0.15) is 56.7 Å². The van der Waals surface area contributed by atoms with Crippen molar-refractivity contribution in [2.24, 2.45) is 0 Å². The maximum Gasteiger partial charge on any atom is 0.416 e. The maximum absolute atomic E-state index is 13.4. The average Bonchev–Trinajstić information content (AvgIpc) is 2.81. The fourth-order valence-electron chi connectivity index (χ4n) is 4.11. The Bertz CT molecular complexity index is 1220. The number of anilines is 1. The topological polar surface area (TPSA) is 86.8 Å². The first kappa shape index (κ1) is 31.1. The van der Waals surface area contributed by atoms with E-state index in [9.17, 15) is 31.2 Å². The van der Waals surface area contributed by atoms with Crippen molar-refractivity contribution in [1.29, 1.82) is 0 Å². The molecule has 0 aliphatic heterocycles. The number of hydrogen-bond donors (Lipinski definition) is 1. The molecule has 0 aliphatic rings. The van der Waals surface area contributed by atoms with Crippen LogP contribution in [0.25, 0.3) is 0 Å². The van der Waals surface area contributed by atoms with Crippen LogP contribution < -0.4 is 9.62 Å². The van der Waals surface area contributed by atoms with Crippen LogP contribution in [-0.2, 0) is 32.3 Å². The molecule has 1 unspecified atom stereocenters. The third-order valence-corrected chi connectivity index (χ3v) is 7.23. The number of sulfonamides is 1. The predicted molar refractivity (Wildman–Crippen MR) is 142 cm³/mol. The molecule has 0 fully saturated rings. The van der Waals surface area contributed by atoms with Crippen molar-refractivity contribution in [3.05, 3.63) is 65.2 Å². The second-order valence-corrected chi connectivity index (χ2v) is 11.4. The molecule has 11 heteroatoms. The van der Waals surface area contributed by atoms with E-state index in [4.69, 9.17) is 0 Å². The van der Waals surface area contributed by atoms with E-state index < -0.39 is 27.8 Å². The Kier molecular flexibility index (Phi) is 10.8. The Morgan fingerprint density at radius 2 is 1.71 bits per heavy atom. The molecule has 0 saturated heterocycles. The van der Waals surface area contributed by atoms with E-state index in [2.05, 4.69) is 5.32 Å². The van der Waals surface area contributed by atoms with Gasteiger partial charge in [0.2, 0.25) is 21.8 Å². The average molecular weight is 556 g/mol. The number of rotatable bonds is 12. The van der Waals surface area contributed by atoms with Gasteiger partial charge in [0.1, 0.15) is 6.04 Å². The Labute approximate surface area is 223 Å². The predicted octanol–water partition coefficient (Wildman–Crippen LogP) is 4.89. The van der Waals surface area contributed by atoms with E-state index in [0.717, 1.165) is 39.9 Å². The lowest BCUT2D eigenvalue weighted by atomic mass is 10.0. The van der Waals surface area contributed by atoms with Gasteiger partial charge in [-0.15, -0.1) is 0 Å². The molecule has 1 N–H and O–H groups in total. The number of nitrogens with one attached hydrogen (secondary N) is 1. The van der Waals surface area contributed by atoms with Crippen molar-refractivity contribution in [2.45, 2.75) is 71.8 Å². The fourth-order valence-corrected chi connectivity index (χ4v) is 5.07. The van der Waals surface area contributed by atoms with Gasteiger partial charge in [-0.25, -0.2) is 8.42 Å². The number of alkyl halides is 3. The van der Waals surface area contributed by atoms with Gasteiger partial charge in [0, 0.05) is 25.6 Å². The molecule has 210 valence electrons. The first-order chi connectivity index (χ1) is 17.6. The molecule has 2 aromatic rings. The van der Waals surface area contributed by atoms with Crippen LogP contribution in [-0.4, -0.2) is 50.0 Å². The van der Waals surface area contributed by atoms with Crippen molar-refractivity contribution in [1.82, 2.24) is 10.2 Å². The molecule has 0 bridgehead atoms. The number of halogens is 3. The zero-order chi connectivity index (χ0) is 28.7. The minimum atomic E-state index is -4.63. The summed E-state index contributed by atoms with van der Waals surface area (Å²) in [6, 6.07) is 10.7. The van der Waals surface area contributed by atoms with Gasteiger partial charge < -0.3 is 10.2 Å². The lowest BCUT2D eigenvalue weighted by Gasteiger charge is -2.32. The molecule has 2 rings (SSSR count). The Balaban J connectivity index is 2.27. The van der Waals surface area contributed by atoms with Crippen LogP contribution in [0.3, 0.4) is 0 Å². The lowest BCUT2D eigenvalue weighted by molar-refractivity contribution is -0.141. The van der Waals surface area contributed by atoms with Crippen LogP contribution in [0, 0.1) is 6.92 Å². The Morgan fingerprint density at radius 3 is 2.26 bits per heavy atom. The summed E-state index contributed by atoms with van der Waals surface area (Å²) in [4.78, 5) is 27.9. The fraction of sp³-hybridized carbons (Fsp3) is 0.481. The van der Waals surface area contributed by atoms with Crippen molar-refractivity contribution < 1.29 is 31.2 Å². The van der Waals surface area contributed by atoms with Gasteiger partial charge in [-0.1, -0.05) is 37.3 Å². The Hall–Kier alpha value is -3.08. The van der Waals surface area contributed by atoms with Crippen LogP contribution >= 0.6 is 0 Å². The SMILES string of the molecule is CCC(C(=O)NC(C)C)N(Cc1ccccc1C)C(=O)CCCN(c1cccc(C(F)(F)F)c1)S(C)(=O)=O. The lowest BCUT2D eigenvalue weighted by Crippen LogP contribution is -2.50. The Morgan fingerprint density at radius 1 is 1.05 bits per heavy atom. The molecule has 0 saturated carbocycles. The number of carbonyl (C=O) groups excluding carboxylic acids is 2. The molecule has 2 aromatic carbocycles. The molecule has 2 amide bonds. The summed E-state index contributed by atoms with van der Waals surface area (Å²) in [6.07, 6.45) is -3.40. The summed E-state index contributed by atoms with van der Waals surface area (Å²) in [5, 5.41) is 2.85. The second-order valence-electron chi connectivity index (χ2n) is 9.52. The minimum Gasteiger partial charge on any atom is -0.352 e. The summed E-state index contributed by atoms with van der Waals surface area (Å²) in [7, 11) is -3.92. The van der Waals surface area contributed by atoms with Gasteiger partial charge in [0.15, 0.2) is 0 Å². The normalized spacial score (nSPS) is 12.8. The van der Waals surface area contributed by atoms with E-state index in [0.29, 0.717) is 6.42 Å². The first-order valence-electron chi connectivity index (χ1n) is 12.4. The minimum absolute atomic E-state index is 0.0503. The third kappa shape index (κ3) is 8.75. The van der Waals surface area contributed by atoms with Crippen LogP contribution in [0.15, 0.2) is 48.5 Å². The highest BCUT2D eigenvalue weighted by molar-refractivity contribution is 7.92. The van der Waals surface area contributed by atoms with E-state index in [1.54, 1.807) is 0 Å². The maximum atomic E-state index is 13.4. The summed E-state index contributed by atoms with van der Waals surface area (Å²) < 4.78 is 65.3. The number of nitrogens with zero attached hydrogens (tertiary/aromatic N) is 2. The molecule has 0 heterocycles. The number of hydrogen-bond acceptors (Lipinski definition) is 4. The largest absolute Gasteiger partial charge is 0.416 e. The molecule has 38 heavy (non-hydrogen) atoms. The zero-order valence-corrected chi connectivity index (χ0v) is 23.2. The molecule has 0 spiro atoms. The van der Waals surface area contributed by atoms with Gasteiger partial charge in [0.05, 0.1) is 17.5 Å². The van der Waals surface area contributed by atoms with Crippen LogP contribution in [0.5, 0.6) is 0 Å². The number of carbonyl (C=O) groups is 2. The van der Waals surface area contributed by atoms with Gasteiger partial charge in [-0.3, -0.25) is 13.9 Å². The first-order valence-corrected chi connectivity index (χ1v) is 14.3. The van der Waals surface area contributed by atoms with Gasteiger partial charge >= 0.3 is 6.18 Å². The van der Waals surface area contributed by atoms with Crippen molar-refractivity contribution in [2.75, 3.05) is 17.1 Å². The quantitative estimate of drug-likeness (QED) is 0.404. The van der Waals surface area contributed by atoms with Gasteiger partial charge in [0.25, 0.3) is 0 Å². The van der Waals surface area contributed by atoms with E-state index in [1.165, 1.54) is 11.0 Å². The van der Waals surface area contributed by atoms with Crippen LogP contribution in [0.2, 0.25) is 0 Å². The van der Waals surface area contributed by atoms with Crippen molar-refractivity contribution in [3.63, 3.8) is 0 Å². The van der Waals surface area contributed by atoms with E-state index in [1.807, 2.05) is 52.0 Å². The summed E-state index contributed by atoms with van der Waals surface area (Å²) in [5.41, 5.74) is 0.732. The van der Waals surface area contributed by atoms with Crippen molar-refractivity contribution in [3.8, 4) is 0 Å². The zero-order valence-electron chi connectivity index (χ0n) is 22.4. The monoisotopic (exact) mass is 555 g/mol. The number of amides is 2. The van der Waals surface area contributed by atoms with Crippen molar-refractivity contribution >= 4 is 27.5 Å². The molecular formula is C27H36F3N3O4S. The standard InChI is InChI=1S/C27H36F3N3O4S/c1-6-24(26(35)31-19(2)3)32(18-21-12-8-7-11-20(21)4)25(34)15-10-16-33(38(5,36)37)23-14-9-13-22(17-23)27(28,29)30/h7-9,11-14,17,19,24H,6,10,15-16,18H2,1-5H3,(H,31,35).